The van der Waals surface area contributed by atoms with Gasteiger partial charge < -0.3 is 20.3 Å². The topological polar surface area (TPSA) is 48.9 Å². The van der Waals surface area contributed by atoms with Crippen molar-refractivity contribution in [3.8, 4) is 0 Å². The molecule has 0 spiro atoms. The van der Waals surface area contributed by atoms with Gasteiger partial charge in [0.05, 0.1) is 6.61 Å². The van der Waals surface area contributed by atoms with Crippen LogP contribution in [0.15, 0.2) is 4.99 Å². The van der Waals surface area contributed by atoms with Crippen LogP contribution in [0.3, 0.4) is 0 Å². The number of nitrogens with one attached hydrogen (secondary N) is 2. The van der Waals surface area contributed by atoms with E-state index < -0.39 is 0 Å². The van der Waals surface area contributed by atoms with Gasteiger partial charge in [-0.15, -0.1) is 0 Å². The van der Waals surface area contributed by atoms with Crippen molar-refractivity contribution in [3.05, 3.63) is 0 Å². The average Bonchev–Trinajstić information content (AvgIpc) is 2.44. The van der Waals surface area contributed by atoms with Gasteiger partial charge in [-0.05, 0) is 20.4 Å². The Kier molecular flexibility index (Phi) is 14.0. The molecular weight excluding hydrogens is 252 g/mol. The molecule has 0 rings (SSSR count). The van der Waals surface area contributed by atoms with Crippen molar-refractivity contribution < 1.29 is 4.74 Å². The molecule has 5 nitrogen and oxygen atoms in total. The predicted molar refractivity (Wildman–Crippen MR) is 87.5 cm³/mol. The van der Waals surface area contributed by atoms with Crippen LogP contribution in [-0.4, -0.2) is 64.3 Å². The van der Waals surface area contributed by atoms with Crippen molar-refractivity contribution in [2.75, 3.05) is 53.5 Å². The summed E-state index contributed by atoms with van der Waals surface area (Å²) in [5.74, 6) is 0.934. The Labute approximate surface area is 125 Å². The summed E-state index contributed by atoms with van der Waals surface area (Å²) in [6.07, 6.45) is 5.04. The largest absolute Gasteiger partial charge is 0.383 e. The van der Waals surface area contributed by atoms with Gasteiger partial charge in [-0.1, -0.05) is 26.2 Å². The first kappa shape index (κ1) is 19.2. The summed E-state index contributed by atoms with van der Waals surface area (Å²) >= 11 is 0. The Hall–Kier alpha value is -0.810. The first-order chi connectivity index (χ1) is 9.74. The van der Waals surface area contributed by atoms with Crippen LogP contribution < -0.4 is 10.6 Å². The lowest BCUT2D eigenvalue weighted by Crippen LogP contribution is -2.41. The Bertz CT molecular complexity index is 234. The van der Waals surface area contributed by atoms with Gasteiger partial charge in [0.2, 0.25) is 0 Å². The van der Waals surface area contributed by atoms with Crippen LogP contribution in [0.2, 0.25) is 0 Å². The Morgan fingerprint density at radius 2 is 1.90 bits per heavy atom. The average molecular weight is 286 g/mol. The third kappa shape index (κ3) is 12.2. The van der Waals surface area contributed by atoms with Gasteiger partial charge in [-0.2, -0.15) is 0 Å². The van der Waals surface area contributed by atoms with Crippen molar-refractivity contribution in [1.82, 2.24) is 15.5 Å². The molecular formula is C15H34N4O. The number of hydrogen-bond acceptors (Lipinski definition) is 3. The molecule has 120 valence electrons. The van der Waals surface area contributed by atoms with E-state index in [9.17, 15) is 0 Å². The molecule has 5 heteroatoms. The van der Waals surface area contributed by atoms with Crippen LogP contribution in [0, 0.1) is 0 Å². The molecule has 0 amide bonds. The lowest BCUT2D eigenvalue weighted by Gasteiger charge is -2.17. The van der Waals surface area contributed by atoms with Crippen LogP contribution in [0.4, 0.5) is 0 Å². The second-order valence-electron chi connectivity index (χ2n) is 5.04. The van der Waals surface area contributed by atoms with E-state index in [1.54, 1.807) is 7.11 Å². The Morgan fingerprint density at radius 1 is 1.10 bits per heavy atom. The number of methoxy groups -OCH3 is 1. The molecule has 2 N–H and O–H groups in total. The monoisotopic (exact) mass is 286 g/mol. The summed E-state index contributed by atoms with van der Waals surface area (Å²) < 4.78 is 5.07. The maximum Gasteiger partial charge on any atom is 0.191 e. The molecule has 0 atom stereocenters. The molecule has 0 aromatic rings. The Balaban J connectivity index is 3.80. The molecule has 0 heterocycles. The van der Waals surface area contributed by atoms with E-state index in [0.29, 0.717) is 0 Å². The molecule has 0 aliphatic heterocycles. The number of guanidine groups is 1. The van der Waals surface area contributed by atoms with Crippen LogP contribution in [0.25, 0.3) is 0 Å². The number of hydrogen-bond donors (Lipinski definition) is 2. The third-order valence-electron chi connectivity index (χ3n) is 3.09. The van der Waals surface area contributed by atoms with Crippen molar-refractivity contribution >= 4 is 5.96 Å². The molecule has 0 radical (unpaired) electrons. The van der Waals surface area contributed by atoms with Crippen molar-refractivity contribution in [2.45, 2.75) is 39.5 Å². The first-order valence-corrected chi connectivity index (χ1v) is 7.94. The first-order valence-electron chi connectivity index (χ1n) is 7.94. The van der Waals surface area contributed by atoms with Gasteiger partial charge in [0.1, 0.15) is 0 Å². The van der Waals surface area contributed by atoms with E-state index in [0.717, 1.165) is 45.3 Å². The number of unbranched alkanes of at least 4 members (excludes halogenated alkanes) is 3. The molecule has 0 saturated carbocycles. The molecule has 0 fully saturated rings. The van der Waals surface area contributed by atoms with Gasteiger partial charge >= 0.3 is 0 Å². The molecule has 0 aromatic carbocycles. The second kappa shape index (κ2) is 14.6. The fraction of sp³-hybridized carbons (Fsp3) is 0.933. The zero-order chi connectivity index (χ0) is 15.1. The SMILES string of the molecule is CCCCCCN=C(NCC)NCCN(C)CCOC. The van der Waals surface area contributed by atoms with Crippen molar-refractivity contribution in [1.29, 1.82) is 0 Å². The maximum absolute atomic E-state index is 5.07. The highest BCUT2D eigenvalue weighted by Gasteiger charge is 1.99. The quantitative estimate of drug-likeness (QED) is 0.326. The number of aliphatic imine (C=N–C) groups is 1. The van der Waals surface area contributed by atoms with Crippen molar-refractivity contribution in [3.63, 3.8) is 0 Å². The molecule has 0 unspecified atom stereocenters. The predicted octanol–water partition coefficient (Wildman–Crippen LogP) is 1.70. The highest BCUT2D eigenvalue weighted by atomic mass is 16.5. The number of rotatable bonds is 12. The van der Waals surface area contributed by atoms with Crippen LogP contribution >= 0.6 is 0 Å². The normalized spacial score (nSPS) is 11.9. The lowest BCUT2D eigenvalue weighted by molar-refractivity contribution is 0.162. The summed E-state index contributed by atoms with van der Waals surface area (Å²) in [6.45, 7) is 9.78. The molecule has 0 aliphatic rings. The number of likely N-dealkylation sites (N-methyl/N-ethyl adjacent to an activating group) is 1. The fourth-order valence-electron chi connectivity index (χ4n) is 1.80. The maximum atomic E-state index is 5.07. The minimum atomic E-state index is 0.780. The van der Waals surface area contributed by atoms with Gasteiger partial charge in [-0.25, -0.2) is 0 Å². The fourth-order valence-corrected chi connectivity index (χ4v) is 1.80. The van der Waals surface area contributed by atoms with E-state index in [4.69, 9.17) is 4.74 Å². The minimum absolute atomic E-state index is 0.780. The standard InChI is InChI=1S/C15H34N4O/c1-5-7-8-9-10-17-15(16-6-2)18-11-12-19(3)13-14-20-4/h5-14H2,1-4H3,(H2,16,17,18). The van der Waals surface area contributed by atoms with Crippen LogP contribution in [0.1, 0.15) is 39.5 Å². The second-order valence-corrected chi connectivity index (χ2v) is 5.04. The van der Waals surface area contributed by atoms with Crippen LogP contribution in [-0.2, 0) is 4.74 Å². The smallest absolute Gasteiger partial charge is 0.191 e. The number of ether oxygens (including phenoxy) is 1. The van der Waals surface area contributed by atoms with Gasteiger partial charge in [-0.3, -0.25) is 4.99 Å². The summed E-state index contributed by atoms with van der Waals surface area (Å²) in [7, 11) is 3.84. The Morgan fingerprint density at radius 3 is 2.55 bits per heavy atom. The zero-order valence-corrected chi connectivity index (χ0v) is 13.9. The zero-order valence-electron chi connectivity index (χ0n) is 13.9. The molecule has 0 aliphatic carbocycles. The van der Waals surface area contributed by atoms with Crippen molar-refractivity contribution in [2.24, 2.45) is 4.99 Å². The summed E-state index contributed by atoms with van der Waals surface area (Å²) in [5, 5.41) is 6.66. The molecule has 20 heavy (non-hydrogen) atoms. The third-order valence-corrected chi connectivity index (χ3v) is 3.09. The molecule has 0 saturated heterocycles. The van der Waals surface area contributed by atoms with Gasteiger partial charge in [0.25, 0.3) is 0 Å². The van der Waals surface area contributed by atoms with E-state index in [2.05, 4.69) is 41.4 Å². The number of nitrogens with zero attached hydrogens (tertiary/aromatic N) is 2. The minimum Gasteiger partial charge on any atom is -0.383 e. The van der Waals surface area contributed by atoms with E-state index in [1.165, 1.54) is 25.7 Å². The molecule has 0 aromatic heterocycles. The lowest BCUT2D eigenvalue weighted by atomic mass is 10.2. The van der Waals surface area contributed by atoms with E-state index in [1.807, 2.05) is 0 Å². The van der Waals surface area contributed by atoms with Crippen LogP contribution in [0.5, 0.6) is 0 Å². The highest BCUT2D eigenvalue weighted by molar-refractivity contribution is 5.79. The summed E-state index contributed by atoms with van der Waals surface area (Å²) in [5.41, 5.74) is 0. The van der Waals surface area contributed by atoms with Gasteiger partial charge in [0, 0.05) is 39.8 Å². The highest BCUT2D eigenvalue weighted by Crippen LogP contribution is 1.98. The molecule has 0 bridgehead atoms. The van der Waals surface area contributed by atoms with Gasteiger partial charge in [0.15, 0.2) is 5.96 Å². The summed E-state index contributed by atoms with van der Waals surface area (Å²) in [6, 6.07) is 0. The van der Waals surface area contributed by atoms with E-state index >= 15 is 0 Å². The summed E-state index contributed by atoms with van der Waals surface area (Å²) in [4.78, 5) is 6.85. The van der Waals surface area contributed by atoms with E-state index in [-0.39, 0.29) is 0 Å².